The molecule has 2 aromatic carbocycles. The van der Waals surface area contributed by atoms with E-state index in [-0.39, 0.29) is 17.9 Å². The van der Waals surface area contributed by atoms with E-state index in [1.165, 1.54) is 0 Å². The van der Waals surface area contributed by atoms with Gasteiger partial charge in [-0.1, -0.05) is 48.5 Å². The van der Waals surface area contributed by atoms with Gasteiger partial charge in [0.1, 0.15) is 6.04 Å². The first-order valence-electron chi connectivity index (χ1n) is 10.1. The van der Waals surface area contributed by atoms with Gasteiger partial charge in [0.25, 0.3) is 0 Å². The third-order valence-electron chi connectivity index (χ3n) is 6.25. The van der Waals surface area contributed by atoms with E-state index in [2.05, 4.69) is 5.32 Å². The lowest BCUT2D eigenvalue weighted by Crippen LogP contribution is -2.50. The lowest BCUT2D eigenvalue weighted by molar-refractivity contribution is -0.142. The number of aliphatic hydroxyl groups excluding tert-OH is 1. The summed E-state index contributed by atoms with van der Waals surface area (Å²) in [5.41, 5.74) is 3.78. The Hall–Kier alpha value is -2.66. The minimum atomic E-state index is -0.716. The lowest BCUT2D eigenvalue weighted by atomic mass is 9.91. The van der Waals surface area contributed by atoms with E-state index >= 15 is 0 Å². The minimum Gasteiger partial charge on any atom is -0.386 e. The van der Waals surface area contributed by atoms with Crippen LogP contribution in [-0.4, -0.2) is 34.4 Å². The summed E-state index contributed by atoms with van der Waals surface area (Å²) in [6, 6.07) is 14.5. The predicted molar refractivity (Wildman–Crippen MR) is 104 cm³/mol. The molecule has 1 saturated carbocycles. The van der Waals surface area contributed by atoms with Crippen LogP contribution in [0.2, 0.25) is 0 Å². The van der Waals surface area contributed by atoms with Crippen LogP contribution in [0.1, 0.15) is 47.2 Å². The van der Waals surface area contributed by atoms with Crippen LogP contribution >= 0.6 is 0 Å². The molecule has 2 aromatic rings. The summed E-state index contributed by atoms with van der Waals surface area (Å²) >= 11 is 0. The van der Waals surface area contributed by atoms with Gasteiger partial charge >= 0.3 is 0 Å². The van der Waals surface area contributed by atoms with Crippen molar-refractivity contribution < 1.29 is 14.7 Å². The van der Waals surface area contributed by atoms with Gasteiger partial charge in [-0.3, -0.25) is 9.59 Å². The van der Waals surface area contributed by atoms with Gasteiger partial charge < -0.3 is 15.3 Å². The average Bonchev–Trinajstić information content (AvgIpc) is 3.46. The molecular formula is C23H24N2O3. The molecule has 0 spiro atoms. The first-order chi connectivity index (χ1) is 13.6. The fraction of sp³-hybridized carbons (Fsp3) is 0.391. The molecule has 1 fully saturated rings. The number of carbonyl (C=O) groups is 2. The second-order valence-corrected chi connectivity index (χ2v) is 8.23. The molecule has 2 unspecified atom stereocenters. The van der Waals surface area contributed by atoms with Crippen molar-refractivity contribution in [2.75, 3.05) is 6.54 Å². The Labute approximate surface area is 164 Å². The van der Waals surface area contributed by atoms with E-state index in [1.807, 2.05) is 48.5 Å². The largest absolute Gasteiger partial charge is 0.386 e. The lowest BCUT2D eigenvalue weighted by Gasteiger charge is -2.37. The van der Waals surface area contributed by atoms with Crippen molar-refractivity contribution >= 4 is 11.8 Å². The molecule has 2 amide bonds. The standard InChI is InChI=1S/C23H24N2O3/c26-20-12-16-6-1-3-7-17(16)21(25(20)13-14-9-10-14)23(28)24-19-11-15-5-2-4-8-18(15)22(19)27/h1-8,14,19,21-22,27H,9-13H2,(H,24,28)/t19?,21-,22?/m0/s1. The fourth-order valence-corrected chi connectivity index (χ4v) is 4.57. The molecule has 2 aliphatic carbocycles. The molecule has 0 aromatic heterocycles. The fourth-order valence-electron chi connectivity index (χ4n) is 4.57. The molecule has 144 valence electrons. The van der Waals surface area contributed by atoms with Gasteiger partial charge in [-0.2, -0.15) is 0 Å². The molecule has 1 aliphatic heterocycles. The molecule has 2 N–H and O–H groups in total. The van der Waals surface area contributed by atoms with E-state index in [0.29, 0.717) is 25.3 Å². The number of nitrogens with zero attached hydrogens (tertiary/aromatic N) is 1. The maximum atomic E-state index is 13.4. The molecule has 28 heavy (non-hydrogen) atoms. The zero-order valence-electron chi connectivity index (χ0n) is 15.7. The van der Waals surface area contributed by atoms with Crippen LogP contribution in [0.4, 0.5) is 0 Å². The van der Waals surface area contributed by atoms with E-state index in [0.717, 1.165) is 35.1 Å². The Morgan fingerprint density at radius 1 is 1.04 bits per heavy atom. The Bertz CT molecular complexity index is 937. The molecule has 0 bridgehead atoms. The number of aliphatic hydroxyl groups is 1. The number of fused-ring (bicyclic) bond motifs is 2. The summed E-state index contributed by atoms with van der Waals surface area (Å²) in [5, 5.41) is 13.7. The van der Waals surface area contributed by atoms with Crippen LogP contribution in [0, 0.1) is 5.92 Å². The SMILES string of the molecule is O=C(NC1Cc2ccccc2C1O)[C@@H]1c2ccccc2CC(=O)N1CC1CC1. The van der Waals surface area contributed by atoms with Crippen molar-refractivity contribution in [3.05, 3.63) is 70.8 Å². The highest BCUT2D eigenvalue weighted by Gasteiger charge is 2.41. The van der Waals surface area contributed by atoms with E-state index in [4.69, 9.17) is 0 Å². The molecule has 1 heterocycles. The third kappa shape index (κ3) is 3.00. The second kappa shape index (κ2) is 6.74. The number of hydrogen-bond acceptors (Lipinski definition) is 3. The number of nitrogens with one attached hydrogen (secondary N) is 1. The first-order valence-corrected chi connectivity index (χ1v) is 10.1. The van der Waals surface area contributed by atoms with E-state index in [1.54, 1.807) is 4.90 Å². The van der Waals surface area contributed by atoms with Gasteiger partial charge in [-0.15, -0.1) is 0 Å². The second-order valence-electron chi connectivity index (χ2n) is 8.23. The van der Waals surface area contributed by atoms with E-state index in [9.17, 15) is 14.7 Å². The normalized spacial score (nSPS) is 26.0. The maximum absolute atomic E-state index is 13.4. The van der Waals surface area contributed by atoms with Crippen LogP contribution in [0.5, 0.6) is 0 Å². The van der Waals surface area contributed by atoms with Gasteiger partial charge in [-0.05, 0) is 47.4 Å². The van der Waals surface area contributed by atoms with Crippen molar-refractivity contribution in [1.29, 1.82) is 0 Å². The molecule has 3 aliphatic rings. The van der Waals surface area contributed by atoms with Crippen LogP contribution < -0.4 is 5.32 Å². The smallest absolute Gasteiger partial charge is 0.247 e. The first kappa shape index (κ1) is 17.4. The number of rotatable bonds is 4. The number of carbonyl (C=O) groups excluding carboxylic acids is 2. The van der Waals surface area contributed by atoms with Crippen LogP contribution in [0.25, 0.3) is 0 Å². The molecule has 5 nitrogen and oxygen atoms in total. The molecule has 0 saturated heterocycles. The number of amides is 2. The molecular weight excluding hydrogens is 352 g/mol. The minimum absolute atomic E-state index is 0.0148. The van der Waals surface area contributed by atoms with Crippen LogP contribution in [0.15, 0.2) is 48.5 Å². The van der Waals surface area contributed by atoms with Gasteiger partial charge in [0.2, 0.25) is 11.8 Å². The Morgan fingerprint density at radius 3 is 2.43 bits per heavy atom. The summed E-state index contributed by atoms with van der Waals surface area (Å²) < 4.78 is 0. The molecule has 3 atom stereocenters. The summed E-state index contributed by atoms with van der Waals surface area (Å²) in [4.78, 5) is 27.9. The van der Waals surface area contributed by atoms with Crippen molar-refractivity contribution in [2.45, 2.75) is 43.9 Å². The molecule has 0 radical (unpaired) electrons. The predicted octanol–water partition coefficient (Wildman–Crippen LogP) is 2.30. The van der Waals surface area contributed by atoms with Gasteiger partial charge in [0.05, 0.1) is 18.6 Å². The van der Waals surface area contributed by atoms with Gasteiger partial charge in [-0.25, -0.2) is 0 Å². The highest BCUT2D eigenvalue weighted by molar-refractivity contribution is 5.92. The molecule has 5 heteroatoms. The topological polar surface area (TPSA) is 69.6 Å². The molecule has 5 rings (SSSR count). The zero-order valence-corrected chi connectivity index (χ0v) is 15.7. The summed E-state index contributed by atoms with van der Waals surface area (Å²) in [6.45, 7) is 0.638. The monoisotopic (exact) mass is 376 g/mol. The number of benzene rings is 2. The van der Waals surface area contributed by atoms with Crippen molar-refractivity contribution in [3.63, 3.8) is 0 Å². The highest BCUT2D eigenvalue weighted by atomic mass is 16.3. The maximum Gasteiger partial charge on any atom is 0.247 e. The van der Waals surface area contributed by atoms with Crippen molar-refractivity contribution in [1.82, 2.24) is 10.2 Å². The summed E-state index contributed by atoms with van der Waals surface area (Å²) in [6.07, 6.45) is 2.48. The van der Waals surface area contributed by atoms with Crippen LogP contribution in [0.3, 0.4) is 0 Å². The quantitative estimate of drug-likeness (QED) is 0.860. The summed E-state index contributed by atoms with van der Waals surface area (Å²) in [7, 11) is 0. The third-order valence-corrected chi connectivity index (χ3v) is 6.25. The Balaban J connectivity index is 1.42. The zero-order chi connectivity index (χ0) is 19.3. The Kier molecular flexibility index (Phi) is 4.20. The van der Waals surface area contributed by atoms with E-state index < -0.39 is 12.1 Å². The summed E-state index contributed by atoms with van der Waals surface area (Å²) in [5.74, 6) is 0.324. The number of hydrogen-bond donors (Lipinski definition) is 2. The van der Waals surface area contributed by atoms with Gasteiger partial charge in [0, 0.05) is 6.54 Å². The highest BCUT2D eigenvalue weighted by Crippen LogP contribution is 2.37. The Morgan fingerprint density at radius 2 is 1.71 bits per heavy atom. The van der Waals surface area contributed by atoms with Gasteiger partial charge in [0.15, 0.2) is 0 Å². The van der Waals surface area contributed by atoms with Crippen LogP contribution in [-0.2, 0) is 22.4 Å². The van der Waals surface area contributed by atoms with Crippen molar-refractivity contribution in [3.8, 4) is 0 Å². The van der Waals surface area contributed by atoms with Crippen molar-refractivity contribution in [2.24, 2.45) is 5.92 Å². The average molecular weight is 376 g/mol.